The number of benzene rings is 2. The molecule has 186 valence electrons. The number of aromatic nitrogens is 4. The lowest BCUT2D eigenvalue weighted by Gasteiger charge is -2.36. The van der Waals surface area contributed by atoms with Crippen molar-refractivity contribution in [2.75, 3.05) is 55.5 Å². The third-order valence-electron chi connectivity index (χ3n) is 6.16. The highest BCUT2D eigenvalue weighted by Gasteiger charge is 2.23. The van der Waals surface area contributed by atoms with Crippen molar-refractivity contribution in [3.8, 4) is 11.5 Å². The molecular formula is C25H27N7O4. The van der Waals surface area contributed by atoms with Gasteiger partial charge in [0, 0.05) is 50.3 Å². The van der Waals surface area contributed by atoms with E-state index in [1.165, 1.54) is 17.2 Å². The van der Waals surface area contributed by atoms with Crippen LogP contribution in [0, 0.1) is 0 Å². The number of fused-ring (bicyclic) bond motifs is 1. The molecule has 0 unspecified atom stereocenters. The van der Waals surface area contributed by atoms with E-state index in [4.69, 9.17) is 9.47 Å². The first-order valence-corrected chi connectivity index (χ1v) is 11.6. The van der Waals surface area contributed by atoms with Gasteiger partial charge in [0.15, 0.2) is 5.82 Å². The van der Waals surface area contributed by atoms with Crippen LogP contribution in [0.2, 0.25) is 0 Å². The third-order valence-corrected chi connectivity index (χ3v) is 6.16. The molecule has 1 aliphatic rings. The Balaban J connectivity index is 1.33. The number of hydrogen-bond acceptors (Lipinski definition) is 8. The number of anilines is 3. The van der Waals surface area contributed by atoms with Crippen LogP contribution in [-0.4, -0.2) is 65.5 Å². The summed E-state index contributed by atoms with van der Waals surface area (Å²) >= 11 is 0. The molecule has 0 atom stereocenters. The van der Waals surface area contributed by atoms with Crippen LogP contribution in [0.1, 0.15) is 0 Å². The number of nitrogens with zero attached hydrogens (tertiary/aromatic N) is 6. The Morgan fingerprint density at radius 3 is 2.47 bits per heavy atom. The van der Waals surface area contributed by atoms with Crippen LogP contribution in [0.25, 0.3) is 5.65 Å². The Morgan fingerprint density at radius 1 is 1.00 bits per heavy atom. The lowest BCUT2D eigenvalue weighted by Crippen LogP contribution is -2.47. The van der Waals surface area contributed by atoms with Crippen molar-refractivity contribution >= 4 is 28.7 Å². The minimum atomic E-state index is -0.409. The lowest BCUT2D eigenvalue weighted by atomic mass is 10.2. The van der Waals surface area contributed by atoms with E-state index in [9.17, 15) is 9.59 Å². The van der Waals surface area contributed by atoms with Gasteiger partial charge in [0.25, 0.3) is 0 Å². The van der Waals surface area contributed by atoms with Gasteiger partial charge in [-0.1, -0.05) is 18.2 Å². The maximum atomic E-state index is 13.0. The van der Waals surface area contributed by atoms with E-state index >= 15 is 0 Å². The summed E-state index contributed by atoms with van der Waals surface area (Å²) in [5, 5.41) is 7.22. The van der Waals surface area contributed by atoms with E-state index < -0.39 is 11.6 Å². The first-order chi connectivity index (χ1) is 17.6. The van der Waals surface area contributed by atoms with Crippen LogP contribution >= 0.6 is 0 Å². The molecule has 1 fully saturated rings. The van der Waals surface area contributed by atoms with E-state index in [-0.39, 0.29) is 6.54 Å². The molecule has 0 aliphatic carbocycles. The van der Waals surface area contributed by atoms with Crippen LogP contribution in [0.15, 0.2) is 65.7 Å². The summed E-state index contributed by atoms with van der Waals surface area (Å²) < 4.78 is 13.1. The van der Waals surface area contributed by atoms with Gasteiger partial charge in [-0.25, -0.2) is 18.9 Å². The molecule has 0 bridgehead atoms. The third kappa shape index (κ3) is 4.54. The summed E-state index contributed by atoms with van der Waals surface area (Å²) in [5.41, 5.74) is 1.67. The van der Waals surface area contributed by atoms with Crippen molar-refractivity contribution in [2.45, 2.75) is 6.54 Å². The van der Waals surface area contributed by atoms with Crippen LogP contribution < -0.4 is 30.3 Å². The van der Waals surface area contributed by atoms with E-state index in [1.807, 2.05) is 18.2 Å². The summed E-state index contributed by atoms with van der Waals surface area (Å²) in [6.07, 6.45) is 3.15. The molecule has 1 saturated heterocycles. The van der Waals surface area contributed by atoms with Crippen LogP contribution in [0.3, 0.4) is 0 Å². The fourth-order valence-corrected chi connectivity index (χ4v) is 4.30. The van der Waals surface area contributed by atoms with Crippen LogP contribution in [-0.2, 0) is 11.3 Å². The smallest absolute Gasteiger partial charge is 0.350 e. The second kappa shape index (κ2) is 9.98. The van der Waals surface area contributed by atoms with Gasteiger partial charge in [-0.15, -0.1) is 5.10 Å². The van der Waals surface area contributed by atoms with Crippen molar-refractivity contribution < 1.29 is 14.3 Å². The molecule has 0 saturated carbocycles. The maximum absolute atomic E-state index is 13.0. The molecule has 2 aromatic carbocycles. The molecule has 0 spiro atoms. The summed E-state index contributed by atoms with van der Waals surface area (Å²) in [4.78, 5) is 34.7. The van der Waals surface area contributed by atoms with Gasteiger partial charge in [0.05, 0.1) is 19.9 Å². The minimum Gasteiger partial charge on any atom is -0.497 e. The minimum absolute atomic E-state index is 0.253. The van der Waals surface area contributed by atoms with Crippen molar-refractivity contribution in [1.29, 1.82) is 0 Å². The molecule has 1 aliphatic heterocycles. The van der Waals surface area contributed by atoms with E-state index in [2.05, 4.69) is 37.3 Å². The summed E-state index contributed by atoms with van der Waals surface area (Å²) in [7, 11) is 3.06. The monoisotopic (exact) mass is 489 g/mol. The molecular weight excluding hydrogens is 462 g/mol. The molecule has 0 radical (unpaired) electrons. The first-order valence-electron chi connectivity index (χ1n) is 11.6. The standard InChI is InChI=1S/C25H27N7O4/c1-35-19-8-9-20(21(16-19)36-2)27-22(33)17-32-25(34)31-11-10-26-23(24(31)28-32)30-14-12-29(13-15-30)18-6-4-3-5-7-18/h3-11,16H,12-15,17H2,1-2H3,(H,27,33). The lowest BCUT2D eigenvalue weighted by molar-refractivity contribution is -0.117. The Kier molecular flexibility index (Phi) is 6.44. The quantitative estimate of drug-likeness (QED) is 0.420. The van der Waals surface area contributed by atoms with Gasteiger partial charge >= 0.3 is 5.69 Å². The second-order valence-corrected chi connectivity index (χ2v) is 8.31. The molecule has 5 rings (SSSR count). The number of nitrogens with one attached hydrogen (secondary N) is 1. The molecule has 36 heavy (non-hydrogen) atoms. The number of ether oxygens (including phenoxy) is 2. The zero-order valence-corrected chi connectivity index (χ0v) is 20.1. The molecule has 1 amide bonds. The zero-order chi connectivity index (χ0) is 25.1. The molecule has 11 heteroatoms. The number of hydrogen-bond donors (Lipinski definition) is 1. The van der Waals surface area contributed by atoms with Gasteiger partial charge < -0.3 is 24.6 Å². The van der Waals surface area contributed by atoms with Crippen molar-refractivity contribution in [2.24, 2.45) is 0 Å². The fourth-order valence-electron chi connectivity index (χ4n) is 4.30. The van der Waals surface area contributed by atoms with Gasteiger partial charge in [0.1, 0.15) is 18.0 Å². The van der Waals surface area contributed by atoms with Gasteiger partial charge in [-0.3, -0.25) is 4.79 Å². The average Bonchev–Trinajstić information content (AvgIpc) is 3.24. The van der Waals surface area contributed by atoms with Crippen LogP contribution in [0.4, 0.5) is 17.2 Å². The first kappa shape index (κ1) is 23.2. The zero-order valence-electron chi connectivity index (χ0n) is 20.1. The Hall–Kier alpha value is -4.54. The largest absolute Gasteiger partial charge is 0.497 e. The van der Waals surface area contributed by atoms with Gasteiger partial charge in [-0.2, -0.15) is 0 Å². The highest BCUT2D eigenvalue weighted by atomic mass is 16.5. The van der Waals surface area contributed by atoms with Gasteiger partial charge in [-0.05, 0) is 24.3 Å². The predicted molar refractivity (Wildman–Crippen MR) is 136 cm³/mol. The van der Waals surface area contributed by atoms with Crippen LogP contribution in [0.5, 0.6) is 11.5 Å². The molecule has 2 aromatic heterocycles. The number of para-hydroxylation sites is 1. The average molecular weight is 490 g/mol. The van der Waals surface area contributed by atoms with Gasteiger partial charge in [0.2, 0.25) is 11.6 Å². The number of amides is 1. The number of methoxy groups -OCH3 is 2. The normalized spacial score (nSPS) is 13.6. The van der Waals surface area contributed by atoms with Crippen molar-refractivity contribution in [3.05, 3.63) is 71.4 Å². The van der Waals surface area contributed by atoms with Crippen molar-refractivity contribution in [1.82, 2.24) is 19.2 Å². The Labute approximate surface area is 207 Å². The molecule has 3 heterocycles. The topological polar surface area (TPSA) is 106 Å². The van der Waals surface area contributed by atoms with Crippen molar-refractivity contribution in [3.63, 3.8) is 0 Å². The Bertz CT molecular complexity index is 1430. The maximum Gasteiger partial charge on any atom is 0.350 e. The summed E-state index contributed by atoms with van der Waals surface area (Å²) in [6, 6.07) is 15.3. The fraction of sp³-hybridized carbons (Fsp3) is 0.280. The molecule has 11 nitrogen and oxygen atoms in total. The van der Waals surface area contributed by atoms with E-state index in [0.29, 0.717) is 28.7 Å². The summed E-state index contributed by atoms with van der Waals surface area (Å²) in [5.74, 6) is 1.27. The van der Waals surface area contributed by atoms with E-state index in [1.54, 1.807) is 37.7 Å². The highest BCUT2D eigenvalue weighted by molar-refractivity contribution is 5.92. The highest BCUT2D eigenvalue weighted by Crippen LogP contribution is 2.29. The molecule has 1 N–H and O–H groups in total. The summed E-state index contributed by atoms with van der Waals surface area (Å²) in [6.45, 7) is 2.87. The predicted octanol–water partition coefficient (Wildman–Crippen LogP) is 1.87. The number of carbonyl (C=O) groups is 1. The number of carbonyl (C=O) groups excluding carboxylic acids is 1. The second-order valence-electron chi connectivity index (χ2n) is 8.31. The van der Waals surface area contributed by atoms with E-state index in [0.717, 1.165) is 30.9 Å². The number of piperazine rings is 1. The number of rotatable bonds is 7. The Morgan fingerprint density at radius 2 is 1.75 bits per heavy atom. The SMILES string of the molecule is COc1ccc(NC(=O)Cn2nc3c(N4CCN(c5ccccc5)CC4)nccn3c2=O)c(OC)c1. The molecule has 4 aromatic rings.